The molecule has 0 aliphatic heterocycles. The number of hydrogen-bond donors (Lipinski definition) is 1. The van der Waals surface area contributed by atoms with Gasteiger partial charge in [0, 0.05) is 0 Å². The van der Waals surface area contributed by atoms with Gasteiger partial charge in [-0.2, -0.15) is 0 Å². The standard InChI is InChI=1S/C19H38O2.C14H22O/c1-2-3-4-5-6-7-8-9-10-11-12-13-14-15-16-17-18-21-19-20;1-13(2,3)10-8-7-9-11(12(10)15)14(4,5)6/h19H,2-18H2,1H3;7-9,15H,1-6H3. The highest BCUT2D eigenvalue weighted by molar-refractivity contribution is 5.46. The van der Waals surface area contributed by atoms with Gasteiger partial charge in [-0.25, -0.2) is 0 Å². The number of para-hydroxylation sites is 1. The maximum absolute atomic E-state index is 10.3. The topological polar surface area (TPSA) is 46.5 Å². The predicted octanol–water partition coefficient (Wildman–Crippen LogP) is 10.4. The maximum Gasteiger partial charge on any atom is 0.293 e. The lowest BCUT2D eigenvalue weighted by atomic mass is 9.80. The van der Waals surface area contributed by atoms with Crippen molar-refractivity contribution < 1.29 is 14.6 Å². The Balaban J connectivity index is 0.000000717. The fourth-order valence-electron chi connectivity index (χ4n) is 4.54. The second-order valence-electron chi connectivity index (χ2n) is 12.5. The average molecular weight is 505 g/mol. The van der Waals surface area contributed by atoms with Gasteiger partial charge in [0.05, 0.1) is 6.61 Å². The molecule has 0 aliphatic carbocycles. The first-order valence-corrected chi connectivity index (χ1v) is 14.9. The van der Waals surface area contributed by atoms with Crippen molar-refractivity contribution in [1.82, 2.24) is 0 Å². The molecule has 1 N–H and O–H groups in total. The Bertz CT molecular complexity index is 620. The van der Waals surface area contributed by atoms with Crippen LogP contribution in [0, 0.1) is 0 Å². The first-order chi connectivity index (χ1) is 17.1. The van der Waals surface area contributed by atoms with Crippen molar-refractivity contribution in [3.8, 4) is 5.75 Å². The summed E-state index contributed by atoms with van der Waals surface area (Å²) >= 11 is 0. The van der Waals surface area contributed by atoms with Gasteiger partial charge in [0.15, 0.2) is 0 Å². The number of hydrogen-bond acceptors (Lipinski definition) is 3. The molecule has 1 aromatic rings. The van der Waals surface area contributed by atoms with Crippen LogP contribution < -0.4 is 0 Å². The number of aromatic hydroxyl groups is 1. The Morgan fingerprint density at radius 1 is 0.639 bits per heavy atom. The summed E-state index contributed by atoms with van der Waals surface area (Å²) in [5.41, 5.74) is 2.03. The summed E-state index contributed by atoms with van der Waals surface area (Å²) in [7, 11) is 0. The molecular formula is C33H60O3. The van der Waals surface area contributed by atoms with Gasteiger partial charge < -0.3 is 9.84 Å². The molecule has 1 aromatic carbocycles. The van der Waals surface area contributed by atoms with E-state index < -0.39 is 0 Å². The van der Waals surface area contributed by atoms with Crippen LogP contribution in [0.2, 0.25) is 0 Å². The van der Waals surface area contributed by atoms with Crippen LogP contribution in [0.15, 0.2) is 18.2 Å². The number of phenolic OH excluding ortho intramolecular Hbond substituents is 1. The summed E-state index contributed by atoms with van der Waals surface area (Å²) in [6, 6.07) is 6.04. The van der Waals surface area contributed by atoms with E-state index in [9.17, 15) is 9.90 Å². The van der Waals surface area contributed by atoms with Crippen molar-refractivity contribution >= 4 is 6.47 Å². The first-order valence-electron chi connectivity index (χ1n) is 14.9. The van der Waals surface area contributed by atoms with Crippen LogP contribution in [0.25, 0.3) is 0 Å². The van der Waals surface area contributed by atoms with Gasteiger partial charge in [0.1, 0.15) is 5.75 Å². The Labute approximate surface area is 224 Å². The first kappa shape index (κ1) is 34.5. The van der Waals surface area contributed by atoms with Crippen molar-refractivity contribution in [3.05, 3.63) is 29.3 Å². The summed E-state index contributed by atoms with van der Waals surface area (Å²) in [6.45, 7) is 16.1. The molecule has 0 spiro atoms. The smallest absolute Gasteiger partial charge is 0.293 e. The van der Waals surface area contributed by atoms with Crippen LogP contribution in [0.4, 0.5) is 0 Å². The van der Waals surface area contributed by atoms with Crippen LogP contribution in [0.1, 0.15) is 162 Å². The average Bonchev–Trinajstić information content (AvgIpc) is 2.80. The van der Waals surface area contributed by atoms with E-state index in [0.717, 1.165) is 17.5 Å². The summed E-state index contributed by atoms with van der Waals surface area (Å²) in [5.74, 6) is 0.456. The van der Waals surface area contributed by atoms with Crippen LogP contribution in [-0.4, -0.2) is 18.2 Å². The van der Waals surface area contributed by atoms with Crippen molar-refractivity contribution in [1.29, 1.82) is 0 Å². The molecule has 0 amide bonds. The lowest BCUT2D eigenvalue weighted by molar-refractivity contribution is -0.128. The van der Waals surface area contributed by atoms with Gasteiger partial charge in [0.25, 0.3) is 6.47 Å². The second kappa shape index (κ2) is 20.5. The molecule has 0 unspecified atom stereocenters. The number of benzene rings is 1. The SMILES string of the molecule is CC(C)(C)c1cccc(C(C)(C)C)c1O.CCCCCCCCCCCCCCCCCCOC=O. The maximum atomic E-state index is 10.3. The summed E-state index contributed by atoms with van der Waals surface area (Å²) in [6.07, 6.45) is 22.0. The van der Waals surface area contributed by atoms with Crippen molar-refractivity contribution in [2.75, 3.05) is 6.61 Å². The summed E-state index contributed by atoms with van der Waals surface area (Å²) in [4.78, 5) is 9.94. The molecule has 0 heterocycles. The van der Waals surface area contributed by atoms with E-state index in [0.29, 0.717) is 18.8 Å². The van der Waals surface area contributed by atoms with Crippen LogP contribution in [0.3, 0.4) is 0 Å². The number of carbonyl (C=O) groups is 1. The van der Waals surface area contributed by atoms with E-state index in [1.54, 1.807) is 0 Å². The largest absolute Gasteiger partial charge is 0.507 e. The molecule has 0 bridgehead atoms. The molecule has 0 radical (unpaired) electrons. The van der Waals surface area contributed by atoms with Gasteiger partial charge in [-0.15, -0.1) is 0 Å². The summed E-state index contributed by atoms with van der Waals surface area (Å²) in [5, 5.41) is 10.3. The van der Waals surface area contributed by atoms with E-state index in [1.165, 1.54) is 96.3 Å². The van der Waals surface area contributed by atoms with Crippen molar-refractivity contribution in [2.24, 2.45) is 0 Å². The number of carbonyl (C=O) groups excluding carboxylic acids is 1. The van der Waals surface area contributed by atoms with E-state index >= 15 is 0 Å². The summed E-state index contributed by atoms with van der Waals surface area (Å²) < 4.78 is 4.67. The highest BCUT2D eigenvalue weighted by atomic mass is 16.5. The van der Waals surface area contributed by atoms with E-state index in [4.69, 9.17) is 0 Å². The van der Waals surface area contributed by atoms with Crippen molar-refractivity contribution in [3.63, 3.8) is 0 Å². The Morgan fingerprint density at radius 3 is 1.28 bits per heavy atom. The third kappa shape index (κ3) is 17.8. The van der Waals surface area contributed by atoms with Gasteiger partial charge in [-0.1, -0.05) is 163 Å². The Kier molecular flexibility index (Phi) is 19.7. The second-order valence-corrected chi connectivity index (χ2v) is 12.5. The van der Waals surface area contributed by atoms with Crippen LogP contribution in [0.5, 0.6) is 5.75 Å². The lowest BCUT2D eigenvalue weighted by Crippen LogP contribution is -2.16. The molecule has 0 aliphatic rings. The van der Waals surface area contributed by atoms with Crippen LogP contribution >= 0.6 is 0 Å². The quantitative estimate of drug-likeness (QED) is 0.160. The van der Waals surface area contributed by atoms with E-state index in [2.05, 4.69) is 53.2 Å². The molecule has 0 saturated heterocycles. The van der Waals surface area contributed by atoms with Gasteiger partial charge in [-0.3, -0.25) is 4.79 Å². The zero-order valence-electron chi connectivity index (χ0n) is 25.1. The molecule has 1 rings (SSSR count). The fraction of sp³-hybridized carbons (Fsp3) is 0.788. The van der Waals surface area contributed by atoms with E-state index in [1.807, 2.05) is 18.2 Å². The minimum atomic E-state index is -0.00859. The normalized spacial score (nSPS) is 11.6. The number of rotatable bonds is 18. The van der Waals surface area contributed by atoms with Gasteiger partial charge in [-0.05, 0) is 28.4 Å². The Morgan fingerprint density at radius 2 is 0.972 bits per heavy atom. The fourth-order valence-corrected chi connectivity index (χ4v) is 4.54. The molecule has 0 saturated carbocycles. The molecular weight excluding hydrogens is 444 g/mol. The van der Waals surface area contributed by atoms with E-state index in [-0.39, 0.29) is 10.8 Å². The highest BCUT2D eigenvalue weighted by Crippen LogP contribution is 2.38. The Hall–Kier alpha value is -1.51. The number of ether oxygens (including phenoxy) is 1. The zero-order valence-corrected chi connectivity index (χ0v) is 25.1. The monoisotopic (exact) mass is 504 g/mol. The molecule has 0 fully saturated rings. The van der Waals surface area contributed by atoms with Crippen molar-refractivity contribution in [2.45, 2.75) is 162 Å². The van der Waals surface area contributed by atoms with Gasteiger partial charge in [0.2, 0.25) is 0 Å². The third-order valence-corrected chi connectivity index (χ3v) is 6.84. The minimum Gasteiger partial charge on any atom is -0.507 e. The van der Waals surface area contributed by atoms with Gasteiger partial charge >= 0.3 is 0 Å². The molecule has 210 valence electrons. The molecule has 3 nitrogen and oxygen atoms in total. The third-order valence-electron chi connectivity index (χ3n) is 6.84. The zero-order chi connectivity index (χ0) is 27.3. The molecule has 0 atom stereocenters. The molecule has 36 heavy (non-hydrogen) atoms. The number of phenols is 1. The lowest BCUT2D eigenvalue weighted by Gasteiger charge is -2.26. The molecule has 0 aromatic heterocycles. The van der Waals surface area contributed by atoms with Crippen LogP contribution in [-0.2, 0) is 20.4 Å². The highest BCUT2D eigenvalue weighted by Gasteiger charge is 2.24. The minimum absolute atomic E-state index is 0.00859. The molecule has 3 heteroatoms. The predicted molar refractivity (Wildman–Crippen MR) is 157 cm³/mol. The number of unbranched alkanes of at least 4 members (excludes halogenated alkanes) is 15.